The Morgan fingerprint density at radius 2 is 1.89 bits per heavy atom. The molecular weight excluding hydrogens is 370 g/mol. The standard InChI is InChI=1S/C15H17Br2NO/c1-9-2-5-13(14(17)6-9)15(19)18-11-3-4-12(18)8-10(16)7-11/h2,5-6,10-12H,3-4,7-8H2,1H3. The number of halogens is 2. The molecule has 2 heterocycles. The van der Waals surface area contributed by atoms with E-state index in [-0.39, 0.29) is 5.91 Å². The van der Waals surface area contributed by atoms with E-state index in [4.69, 9.17) is 0 Å². The fourth-order valence-electron chi connectivity index (χ4n) is 3.37. The number of carbonyl (C=O) groups excluding carboxylic acids is 1. The van der Waals surface area contributed by atoms with E-state index in [0.717, 1.165) is 35.7 Å². The van der Waals surface area contributed by atoms with Crippen molar-refractivity contribution in [3.05, 3.63) is 33.8 Å². The van der Waals surface area contributed by atoms with Crippen LogP contribution < -0.4 is 0 Å². The van der Waals surface area contributed by atoms with E-state index in [1.54, 1.807) is 0 Å². The Hall–Kier alpha value is -0.350. The molecule has 102 valence electrons. The quantitative estimate of drug-likeness (QED) is 0.659. The summed E-state index contributed by atoms with van der Waals surface area (Å²) in [4.78, 5) is 15.5. The Kier molecular flexibility index (Phi) is 3.73. The molecule has 0 radical (unpaired) electrons. The molecule has 0 saturated carbocycles. The van der Waals surface area contributed by atoms with Crippen LogP contribution in [-0.4, -0.2) is 27.7 Å². The average Bonchev–Trinajstić information content (AvgIpc) is 2.61. The number of fused-ring (bicyclic) bond motifs is 2. The largest absolute Gasteiger partial charge is 0.333 e. The lowest BCUT2D eigenvalue weighted by molar-refractivity contribution is 0.0602. The molecule has 19 heavy (non-hydrogen) atoms. The molecule has 2 saturated heterocycles. The summed E-state index contributed by atoms with van der Waals surface area (Å²) in [5.41, 5.74) is 1.97. The maximum absolute atomic E-state index is 12.8. The first-order valence-electron chi connectivity index (χ1n) is 6.79. The number of nitrogens with zero attached hydrogens (tertiary/aromatic N) is 1. The summed E-state index contributed by atoms with van der Waals surface area (Å²) < 4.78 is 0.915. The van der Waals surface area contributed by atoms with Crippen LogP contribution in [0.15, 0.2) is 22.7 Å². The SMILES string of the molecule is Cc1ccc(C(=O)N2C3CCC2CC(Br)C3)c(Br)c1. The van der Waals surface area contributed by atoms with Gasteiger partial charge in [0.1, 0.15) is 0 Å². The van der Waals surface area contributed by atoms with E-state index in [9.17, 15) is 4.79 Å². The normalized spacial score (nSPS) is 29.6. The summed E-state index contributed by atoms with van der Waals surface area (Å²) in [6.07, 6.45) is 4.49. The third kappa shape index (κ3) is 2.49. The molecule has 2 unspecified atom stereocenters. The van der Waals surface area contributed by atoms with Crippen molar-refractivity contribution in [3.63, 3.8) is 0 Å². The molecule has 2 nitrogen and oxygen atoms in total. The van der Waals surface area contributed by atoms with Gasteiger partial charge in [-0.3, -0.25) is 4.79 Å². The van der Waals surface area contributed by atoms with Crippen LogP contribution >= 0.6 is 31.9 Å². The third-order valence-corrected chi connectivity index (χ3v) is 5.67. The highest BCUT2D eigenvalue weighted by Gasteiger charge is 2.42. The molecule has 1 aromatic carbocycles. The van der Waals surface area contributed by atoms with E-state index in [1.807, 2.05) is 25.1 Å². The van der Waals surface area contributed by atoms with Gasteiger partial charge in [-0.25, -0.2) is 0 Å². The second-order valence-electron chi connectivity index (χ2n) is 5.65. The first-order valence-corrected chi connectivity index (χ1v) is 8.50. The van der Waals surface area contributed by atoms with E-state index in [2.05, 4.69) is 36.8 Å². The Balaban J connectivity index is 1.88. The monoisotopic (exact) mass is 385 g/mol. The van der Waals surface area contributed by atoms with Crippen molar-refractivity contribution in [2.24, 2.45) is 0 Å². The highest BCUT2D eigenvalue weighted by atomic mass is 79.9. The molecule has 2 fully saturated rings. The average molecular weight is 387 g/mol. The molecule has 4 heteroatoms. The molecule has 1 amide bonds. The van der Waals surface area contributed by atoms with Crippen LogP contribution in [0, 0.1) is 6.92 Å². The molecule has 0 spiro atoms. The Labute approximate surface area is 130 Å². The fourth-order valence-corrected chi connectivity index (χ4v) is 4.90. The van der Waals surface area contributed by atoms with Crippen molar-refractivity contribution in [2.45, 2.75) is 49.5 Å². The smallest absolute Gasteiger partial charge is 0.255 e. The molecule has 3 rings (SSSR count). The number of rotatable bonds is 1. The molecule has 0 aliphatic carbocycles. The van der Waals surface area contributed by atoms with Crippen LogP contribution in [-0.2, 0) is 0 Å². The lowest BCUT2D eigenvalue weighted by atomic mass is 10.0. The Morgan fingerprint density at radius 3 is 2.47 bits per heavy atom. The van der Waals surface area contributed by atoms with Crippen LogP contribution in [0.4, 0.5) is 0 Å². The zero-order chi connectivity index (χ0) is 13.6. The number of amides is 1. The minimum Gasteiger partial charge on any atom is -0.333 e. The van der Waals surface area contributed by atoms with Crippen molar-refractivity contribution in [1.29, 1.82) is 0 Å². The third-order valence-electron chi connectivity index (χ3n) is 4.27. The summed E-state index contributed by atoms with van der Waals surface area (Å²) in [5.74, 6) is 0.193. The number of carbonyl (C=O) groups is 1. The van der Waals surface area contributed by atoms with E-state index in [1.165, 1.54) is 5.56 Å². The minimum atomic E-state index is 0.193. The van der Waals surface area contributed by atoms with Gasteiger partial charge in [0.05, 0.1) is 5.56 Å². The van der Waals surface area contributed by atoms with Crippen molar-refractivity contribution in [2.75, 3.05) is 0 Å². The number of piperidine rings is 1. The zero-order valence-corrected chi connectivity index (χ0v) is 14.1. The maximum atomic E-state index is 12.8. The van der Waals surface area contributed by atoms with Gasteiger partial charge in [0.2, 0.25) is 0 Å². The van der Waals surface area contributed by atoms with Gasteiger partial charge in [0, 0.05) is 21.4 Å². The topological polar surface area (TPSA) is 20.3 Å². The number of hydrogen-bond acceptors (Lipinski definition) is 1. The van der Waals surface area contributed by atoms with Crippen LogP contribution in [0.1, 0.15) is 41.6 Å². The minimum absolute atomic E-state index is 0.193. The fraction of sp³-hybridized carbons (Fsp3) is 0.533. The zero-order valence-electron chi connectivity index (χ0n) is 10.9. The highest BCUT2D eigenvalue weighted by Crippen LogP contribution is 2.39. The van der Waals surface area contributed by atoms with Crippen LogP contribution in [0.25, 0.3) is 0 Å². The summed E-state index contributed by atoms with van der Waals surface area (Å²) in [5, 5.41) is 0. The van der Waals surface area contributed by atoms with Gasteiger partial charge < -0.3 is 4.90 Å². The van der Waals surface area contributed by atoms with Crippen LogP contribution in [0.5, 0.6) is 0 Å². The molecule has 2 bridgehead atoms. The number of alkyl halides is 1. The summed E-state index contributed by atoms with van der Waals surface area (Å²) in [6, 6.07) is 6.82. The summed E-state index contributed by atoms with van der Waals surface area (Å²) in [7, 11) is 0. The van der Waals surface area contributed by atoms with Crippen molar-refractivity contribution >= 4 is 37.8 Å². The summed E-state index contributed by atoms with van der Waals surface area (Å²) >= 11 is 7.25. The van der Waals surface area contributed by atoms with Gasteiger partial charge in [0.25, 0.3) is 5.91 Å². The van der Waals surface area contributed by atoms with E-state index in [0.29, 0.717) is 16.9 Å². The second-order valence-corrected chi connectivity index (χ2v) is 7.80. The van der Waals surface area contributed by atoms with Gasteiger partial charge in [-0.15, -0.1) is 0 Å². The van der Waals surface area contributed by atoms with Crippen molar-refractivity contribution < 1.29 is 4.79 Å². The number of aryl methyl sites for hydroxylation is 1. The van der Waals surface area contributed by atoms with E-state index < -0.39 is 0 Å². The maximum Gasteiger partial charge on any atom is 0.255 e. The van der Waals surface area contributed by atoms with Crippen molar-refractivity contribution in [1.82, 2.24) is 4.90 Å². The molecule has 2 atom stereocenters. The van der Waals surface area contributed by atoms with Gasteiger partial charge in [0.15, 0.2) is 0 Å². The van der Waals surface area contributed by atoms with E-state index >= 15 is 0 Å². The number of benzene rings is 1. The van der Waals surface area contributed by atoms with Crippen molar-refractivity contribution in [3.8, 4) is 0 Å². The molecule has 0 aromatic heterocycles. The first kappa shape index (κ1) is 13.6. The highest BCUT2D eigenvalue weighted by molar-refractivity contribution is 9.10. The predicted molar refractivity (Wildman–Crippen MR) is 83.8 cm³/mol. The lowest BCUT2D eigenvalue weighted by Gasteiger charge is -2.37. The van der Waals surface area contributed by atoms with Gasteiger partial charge in [-0.05, 0) is 66.2 Å². The van der Waals surface area contributed by atoms with Crippen LogP contribution in [0.2, 0.25) is 0 Å². The molecule has 2 aliphatic rings. The Bertz CT molecular complexity index is 503. The molecule has 0 N–H and O–H groups in total. The second kappa shape index (κ2) is 5.21. The predicted octanol–water partition coefficient (Wildman–Crippen LogP) is 4.29. The van der Waals surface area contributed by atoms with Gasteiger partial charge in [-0.1, -0.05) is 22.0 Å². The van der Waals surface area contributed by atoms with Gasteiger partial charge >= 0.3 is 0 Å². The Morgan fingerprint density at radius 1 is 1.26 bits per heavy atom. The van der Waals surface area contributed by atoms with Gasteiger partial charge in [-0.2, -0.15) is 0 Å². The van der Waals surface area contributed by atoms with Crippen LogP contribution in [0.3, 0.4) is 0 Å². The molecular formula is C15H17Br2NO. The number of hydrogen-bond donors (Lipinski definition) is 0. The first-order chi connectivity index (χ1) is 9.06. The lowest BCUT2D eigenvalue weighted by Crippen LogP contribution is -2.46. The molecule has 2 aliphatic heterocycles. The summed E-state index contributed by atoms with van der Waals surface area (Å²) in [6.45, 7) is 2.04. The molecule has 1 aromatic rings.